The number of carbonyl (C=O) groups is 1. The number of imidazole rings is 1. The molecule has 0 aliphatic carbocycles. The van der Waals surface area contributed by atoms with E-state index in [0.29, 0.717) is 6.61 Å². The molecule has 0 radical (unpaired) electrons. The minimum absolute atomic E-state index is 0.0881. The molecule has 208 valence electrons. The summed E-state index contributed by atoms with van der Waals surface area (Å²) in [4.78, 5) is 28.5. The van der Waals surface area contributed by atoms with Crippen molar-refractivity contribution >= 4 is 11.7 Å². The molecule has 0 saturated carbocycles. The van der Waals surface area contributed by atoms with Gasteiger partial charge in [-0.15, -0.1) is 0 Å². The van der Waals surface area contributed by atoms with Crippen LogP contribution in [0.2, 0.25) is 0 Å². The first-order valence-corrected chi connectivity index (χ1v) is 14.0. The summed E-state index contributed by atoms with van der Waals surface area (Å²) >= 11 is 0. The van der Waals surface area contributed by atoms with Crippen LogP contribution in [0.3, 0.4) is 0 Å². The van der Waals surface area contributed by atoms with E-state index in [-0.39, 0.29) is 29.5 Å². The van der Waals surface area contributed by atoms with Crippen molar-refractivity contribution in [2.45, 2.75) is 38.6 Å². The number of hydrogen-bond donors (Lipinski definition) is 0. The van der Waals surface area contributed by atoms with E-state index >= 15 is 0 Å². The summed E-state index contributed by atoms with van der Waals surface area (Å²) in [5, 5.41) is 0. The van der Waals surface area contributed by atoms with Crippen molar-refractivity contribution in [3.05, 3.63) is 113 Å². The van der Waals surface area contributed by atoms with Crippen LogP contribution in [0.25, 0.3) is 5.69 Å². The molecule has 1 aliphatic rings. The van der Waals surface area contributed by atoms with E-state index in [1.807, 2.05) is 93.0 Å². The maximum absolute atomic E-state index is 13.3. The second kappa shape index (κ2) is 12.3. The number of aromatic nitrogens is 2. The Morgan fingerprint density at radius 1 is 0.900 bits per heavy atom. The highest BCUT2D eigenvalue weighted by Gasteiger charge is 2.33. The maximum atomic E-state index is 13.3. The largest absolute Gasteiger partial charge is 0.497 e. The van der Waals surface area contributed by atoms with E-state index in [1.165, 1.54) is 0 Å². The number of esters is 1. The molecule has 1 aromatic heterocycles. The molecule has 0 N–H and O–H groups in total. The number of benzene rings is 3. The summed E-state index contributed by atoms with van der Waals surface area (Å²) in [7, 11) is 1.64. The highest BCUT2D eigenvalue weighted by atomic mass is 16.5. The molecule has 2 heterocycles. The molecule has 7 heteroatoms. The molecule has 0 spiro atoms. The molecule has 0 bridgehead atoms. The summed E-state index contributed by atoms with van der Waals surface area (Å²) in [5.41, 5.74) is 3.89. The first-order chi connectivity index (χ1) is 19.5. The van der Waals surface area contributed by atoms with Gasteiger partial charge in [0.2, 0.25) is 0 Å². The standard InChI is InChI=1S/C33H37N3O4/c1-4-40-32(37)31(25-9-6-5-7-10-25)26-17-19-34(20-18-26)28-13-15-29(16-14-28)36-22-21-35(33(36)38)24(2)27-11-8-12-30(23-27)39-3/h5-16,21-24,26,31H,4,17-20H2,1-3H3/t24-,31?/m0/s1. The fourth-order valence-electron chi connectivity index (χ4n) is 5.75. The van der Waals surface area contributed by atoms with E-state index in [9.17, 15) is 9.59 Å². The lowest BCUT2D eigenvalue weighted by atomic mass is 9.80. The van der Waals surface area contributed by atoms with E-state index < -0.39 is 0 Å². The fraction of sp³-hybridized carbons (Fsp3) is 0.333. The van der Waals surface area contributed by atoms with E-state index in [0.717, 1.165) is 54.2 Å². The van der Waals surface area contributed by atoms with Crippen molar-refractivity contribution in [2.75, 3.05) is 31.7 Å². The number of anilines is 1. The minimum Gasteiger partial charge on any atom is -0.497 e. The van der Waals surface area contributed by atoms with Crippen molar-refractivity contribution < 1.29 is 14.3 Å². The average Bonchev–Trinajstić information content (AvgIpc) is 3.39. The number of ether oxygens (including phenoxy) is 2. The van der Waals surface area contributed by atoms with E-state index in [1.54, 1.807) is 16.2 Å². The van der Waals surface area contributed by atoms with Crippen LogP contribution in [0, 0.1) is 5.92 Å². The third-order valence-electron chi connectivity index (χ3n) is 8.00. The van der Waals surface area contributed by atoms with E-state index in [4.69, 9.17) is 9.47 Å². The fourth-order valence-corrected chi connectivity index (χ4v) is 5.75. The molecule has 4 aromatic rings. The predicted molar refractivity (Wildman–Crippen MR) is 158 cm³/mol. The molecule has 0 amide bonds. The van der Waals surface area contributed by atoms with Crippen molar-refractivity contribution in [1.29, 1.82) is 0 Å². The highest BCUT2D eigenvalue weighted by molar-refractivity contribution is 5.78. The summed E-state index contributed by atoms with van der Waals surface area (Å²) < 4.78 is 14.2. The van der Waals surface area contributed by atoms with Crippen LogP contribution >= 0.6 is 0 Å². The van der Waals surface area contributed by atoms with Gasteiger partial charge in [0.1, 0.15) is 5.75 Å². The SMILES string of the molecule is CCOC(=O)C(c1ccccc1)C1CCN(c2ccc(-n3ccn([C@@H](C)c4cccc(OC)c4)c3=O)cc2)CC1. The summed E-state index contributed by atoms with van der Waals surface area (Å²) in [6.45, 7) is 5.98. The molecular weight excluding hydrogens is 502 g/mol. The van der Waals surface area contributed by atoms with Gasteiger partial charge in [-0.3, -0.25) is 13.9 Å². The molecule has 1 unspecified atom stereocenters. The Hall–Kier alpha value is -4.26. The monoisotopic (exact) mass is 539 g/mol. The molecule has 3 aromatic carbocycles. The molecule has 1 aliphatic heterocycles. The zero-order chi connectivity index (χ0) is 28.1. The second-order valence-corrected chi connectivity index (χ2v) is 10.3. The Morgan fingerprint density at radius 2 is 1.57 bits per heavy atom. The third-order valence-corrected chi connectivity index (χ3v) is 8.00. The van der Waals surface area contributed by atoms with Crippen molar-refractivity contribution in [1.82, 2.24) is 9.13 Å². The lowest BCUT2D eigenvalue weighted by Gasteiger charge is -2.36. The first kappa shape index (κ1) is 27.3. The van der Waals surface area contributed by atoms with Crippen LogP contribution < -0.4 is 15.3 Å². The second-order valence-electron chi connectivity index (χ2n) is 10.3. The molecule has 1 saturated heterocycles. The Labute approximate surface area is 235 Å². The topological polar surface area (TPSA) is 65.7 Å². The number of piperidine rings is 1. The van der Waals surface area contributed by atoms with Gasteiger partial charge in [0, 0.05) is 31.2 Å². The first-order valence-electron chi connectivity index (χ1n) is 14.0. The summed E-state index contributed by atoms with van der Waals surface area (Å²) in [6.07, 6.45) is 5.46. The molecule has 1 fully saturated rings. The van der Waals surface area contributed by atoms with Gasteiger partial charge in [-0.1, -0.05) is 42.5 Å². The van der Waals surface area contributed by atoms with Gasteiger partial charge < -0.3 is 14.4 Å². The van der Waals surface area contributed by atoms with Crippen molar-refractivity contribution in [3.8, 4) is 11.4 Å². The van der Waals surface area contributed by atoms with Crippen LogP contribution in [0.15, 0.2) is 96.1 Å². The Kier molecular flexibility index (Phi) is 8.39. The van der Waals surface area contributed by atoms with Crippen molar-refractivity contribution in [3.63, 3.8) is 0 Å². The minimum atomic E-state index is -0.235. The zero-order valence-corrected chi connectivity index (χ0v) is 23.4. The molecule has 5 rings (SSSR count). The van der Waals surface area contributed by atoms with Gasteiger partial charge >= 0.3 is 11.7 Å². The molecule has 40 heavy (non-hydrogen) atoms. The Bertz CT molecular complexity index is 1470. The maximum Gasteiger partial charge on any atom is 0.333 e. The summed E-state index contributed by atoms with van der Waals surface area (Å²) in [5.74, 6) is 0.644. The Balaban J connectivity index is 1.27. The van der Waals surface area contributed by atoms with Gasteiger partial charge in [-0.2, -0.15) is 0 Å². The lowest BCUT2D eigenvalue weighted by Crippen LogP contribution is -2.37. The van der Waals surface area contributed by atoms with Gasteiger partial charge in [0.25, 0.3) is 0 Å². The average molecular weight is 540 g/mol. The number of nitrogens with zero attached hydrogens (tertiary/aromatic N) is 3. The predicted octanol–water partition coefficient (Wildman–Crippen LogP) is 5.82. The molecule has 2 atom stereocenters. The number of carbonyl (C=O) groups excluding carboxylic acids is 1. The normalized spacial score (nSPS) is 15.4. The van der Waals surface area contributed by atoms with Crippen LogP contribution in [-0.4, -0.2) is 41.9 Å². The van der Waals surface area contributed by atoms with Gasteiger partial charge in [0.15, 0.2) is 0 Å². The van der Waals surface area contributed by atoms with Gasteiger partial charge in [0.05, 0.1) is 31.4 Å². The van der Waals surface area contributed by atoms with Crippen LogP contribution in [0.5, 0.6) is 5.75 Å². The quantitative estimate of drug-likeness (QED) is 0.251. The lowest BCUT2D eigenvalue weighted by molar-refractivity contribution is -0.146. The number of methoxy groups -OCH3 is 1. The van der Waals surface area contributed by atoms with Crippen molar-refractivity contribution in [2.24, 2.45) is 5.92 Å². The Morgan fingerprint density at radius 3 is 2.25 bits per heavy atom. The highest BCUT2D eigenvalue weighted by Crippen LogP contribution is 2.35. The van der Waals surface area contributed by atoms with Crippen LogP contribution in [0.1, 0.15) is 49.8 Å². The molecule has 7 nitrogen and oxygen atoms in total. The molecular formula is C33H37N3O4. The zero-order valence-electron chi connectivity index (χ0n) is 23.4. The van der Waals surface area contributed by atoms with Crippen LogP contribution in [-0.2, 0) is 9.53 Å². The smallest absolute Gasteiger partial charge is 0.333 e. The van der Waals surface area contributed by atoms with Crippen LogP contribution in [0.4, 0.5) is 5.69 Å². The van der Waals surface area contributed by atoms with Gasteiger partial charge in [-0.05, 0) is 80.1 Å². The number of rotatable bonds is 9. The van der Waals surface area contributed by atoms with Gasteiger partial charge in [-0.25, -0.2) is 4.79 Å². The summed E-state index contributed by atoms with van der Waals surface area (Å²) in [6, 6.07) is 25.8. The number of hydrogen-bond acceptors (Lipinski definition) is 5. The third kappa shape index (κ3) is 5.69. The van der Waals surface area contributed by atoms with E-state index in [2.05, 4.69) is 17.0 Å².